The quantitative estimate of drug-likeness (QED) is 0.394. The average Bonchev–Trinajstić information content (AvgIpc) is 2.63. The van der Waals surface area contributed by atoms with Gasteiger partial charge in [0, 0.05) is 20.1 Å². The molecule has 0 fully saturated rings. The van der Waals surface area contributed by atoms with Crippen LogP contribution in [0.5, 0.6) is 0 Å². The highest BCUT2D eigenvalue weighted by molar-refractivity contribution is 5.12. The first-order valence-corrected chi connectivity index (χ1v) is 10.2. The number of allylic oxidation sites excluding steroid dienone is 4. The lowest BCUT2D eigenvalue weighted by atomic mass is 10.0. The van der Waals surface area contributed by atoms with E-state index in [-0.39, 0.29) is 11.7 Å². The zero-order chi connectivity index (χ0) is 19.3. The van der Waals surface area contributed by atoms with E-state index in [1.54, 1.807) is 7.11 Å². The molecule has 0 spiro atoms. The van der Waals surface area contributed by atoms with Crippen molar-refractivity contribution in [3.63, 3.8) is 0 Å². The van der Waals surface area contributed by atoms with Gasteiger partial charge in [0.25, 0.3) is 0 Å². The predicted octanol–water partition coefficient (Wildman–Crippen LogP) is 5.28. The summed E-state index contributed by atoms with van der Waals surface area (Å²) in [4.78, 5) is 0. The van der Waals surface area contributed by atoms with Gasteiger partial charge in [-0.1, -0.05) is 45.3 Å². The Bertz CT molecular complexity index is 414. The van der Waals surface area contributed by atoms with E-state index in [0.29, 0.717) is 25.7 Å². The van der Waals surface area contributed by atoms with Gasteiger partial charge in [-0.2, -0.15) is 0 Å². The molecule has 0 bridgehead atoms. The molecule has 1 aliphatic carbocycles. The fourth-order valence-electron chi connectivity index (χ4n) is 3.11. The Labute approximate surface area is 160 Å². The summed E-state index contributed by atoms with van der Waals surface area (Å²) in [7, 11) is 1.70. The van der Waals surface area contributed by atoms with Crippen LogP contribution in [0.4, 0.5) is 0 Å². The van der Waals surface area contributed by atoms with Gasteiger partial charge in [-0.3, -0.25) is 0 Å². The van der Waals surface area contributed by atoms with E-state index in [0.717, 1.165) is 31.6 Å². The predicted molar refractivity (Wildman–Crippen MR) is 107 cm³/mol. The van der Waals surface area contributed by atoms with Gasteiger partial charge >= 0.3 is 0 Å². The molecular weight excluding hydrogens is 328 g/mol. The van der Waals surface area contributed by atoms with E-state index in [9.17, 15) is 0 Å². The first kappa shape index (κ1) is 23.2. The van der Waals surface area contributed by atoms with E-state index in [2.05, 4.69) is 26.0 Å². The lowest BCUT2D eigenvalue weighted by Crippen LogP contribution is -2.39. The molecule has 0 N–H and O–H groups in total. The summed E-state index contributed by atoms with van der Waals surface area (Å²) in [6.07, 6.45) is 13.1. The molecule has 0 amide bonds. The minimum absolute atomic E-state index is 0.101. The summed E-state index contributed by atoms with van der Waals surface area (Å²) < 4.78 is 23.5. The monoisotopic (exact) mass is 368 g/mol. The summed E-state index contributed by atoms with van der Waals surface area (Å²) >= 11 is 0. The molecule has 152 valence electrons. The third-order valence-corrected chi connectivity index (χ3v) is 4.61. The van der Waals surface area contributed by atoms with Crippen LogP contribution in [0.2, 0.25) is 0 Å². The smallest absolute Gasteiger partial charge is 0.116 e. The Morgan fingerprint density at radius 1 is 1.15 bits per heavy atom. The fourth-order valence-corrected chi connectivity index (χ4v) is 3.11. The van der Waals surface area contributed by atoms with Gasteiger partial charge in [-0.15, -0.1) is 0 Å². The number of methoxy groups -OCH3 is 1. The number of ether oxygens (including phenoxy) is 4. The highest BCUT2D eigenvalue weighted by Gasteiger charge is 2.25. The van der Waals surface area contributed by atoms with E-state index >= 15 is 0 Å². The number of unbranched alkanes of at least 4 members (excludes halogenated alkanes) is 1. The van der Waals surface area contributed by atoms with Crippen LogP contribution < -0.4 is 0 Å². The summed E-state index contributed by atoms with van der Waals surface area (Å²) in [5.41, 5.74) is -0.362. The van der Waals surface area contributed by atoms with E-state index in [1.807, 2.05) is 19.9 Å². The van der Waals surface area contributed by atoms with Gasteiger partial charge in [0.05, 0.1) is 24.6 Å². The van der Waals surface area contributed by atoms with E-state index in [1.165, 1.54) is 19.3 Å². The van der Waals surface area contributed by atoms with Gasteiger partial charge in [0.1, 0.15) is 12.7 Å². The van der Waals surface area contributed by atoms with Crippen LogP contribution in [0.25, 0.3) is 0 Å². The number of hydrogen-bond acceptors (Lipinski definition) is 4. The summed E-state index contributed by atoms with van der Waals surface area (Å²) in [5.74, 6) is 1.66. The van der Waals surface area contributed by atoms with Gasteiger partial charge in [-0.25, -0.2) is 0 Å². The maximum absolute atomic E-state index is 6.25. The van der Waals surface area contributed by atoms with Crippen LogP contribution in [-0.2, 0) is 18.9 Å². The minimum Gasteiger partial charge on any atom is -0.495 e. The molecule has 2 atom stereocenters. The van der Waals surface area contributed by atoms with Crippen molar-refractivity contribution in [1.82, 2.24) is 0 Å². The van der Waals surface area contributed by atoms with Gasteiger partial charge in [0.2, 0.25) is 0 Å². The molecule has 0 saturated heterocycles. The van der Waals surface area contributed by atoms with Crippen molar-refractivity contribution in [2.75, 3.05) is 33.5 Å². The summed E-state index contributed by atoms with van der Waals surface area (Å²) in [6.45, 7) is 11.0. The molecule has 0 radical (unpaired) electrons. The SMILES string of the molecule is CCCCC(CC)COCC(COC1=CC=CCC1)OC(C)(C)COC. The second-order valence-electron chi connectivity index (χ2n) is 7.80. The molecule has 4 heteroatoms. The van der Waals surface area contributed by atoms with Gasteiger partial charge in [0.15, 0.2) is 0 Å². The third-order valence-electron chi connectivity index (χ3n) is 4.61. The van der Waals surface area contributed by atoms with E-state index in [4.69, 9.17) is 18.9 Å². The van der Waals surface area contributed by atoms with Crippen molar-refractivity contribution < 1.29 is 18.9 Å². The van der Waals surface area contributed by atoms with Gasteiger partial charge in [-0.05, 0) is 38.7 Å². The fraction of sp³-hybridized carbons (Fsp3) is 0.818. The third kappa shape index (κ3) is 10.3. The lowest BCUT2D eigenvalue weighted by Gasteiger charge is -2.31. The van der Waals surface area contributed by atoms with Crippen molar-refractivity contribution in [3.8, 4) is 0 Å². The van der Waals surface area contributed by atoms with Crippen molar-refractivity contribution in [1.29, 1.82) is 0 Å². The van der Waals surface area contributed by atoms with Crippen LogP contribution in [0.15, 0.2) is 24.0 Å². The van der Waals surface area contributed by atoms with Crippen molar-refractivity contribution in [2.24, 2.45) is 5.92 Å². The van der Waals surface area contributed by atoms with Crippen LogP contribution in [0.3, 0.4) is 0 Å². The largest absolute Gasteiger partial charge is 0.495 e. The maximum atomic E-state index is 6.25. The molecule has 1 aliphatic rings. The Morgan fingerprint density at radius 3 is 2.58 bits per heavy atom. The highest BCUT2D eigenvalue weighted by Crippen LogP contribution is 2.18. The average molecular weight is 369 g/mol. The molecule has 2 unspecified atom stereocenters. The summed E-state index contributed by atoms with van der Waals surface area (Å²) in [5, 5.41) is 0. The van der Waals surface area contributed by atoms with E-state index < -0.39 is 0 Å². The second-order valence-corrected chi connectivity index (χ2v) is 7.80. The molecule has 1 rings (SSSR count). The maximum Gasteiger partial charge on any atom is 0.116 e. The van der Waals surface area contributed by atoms with Crippen molar-refractivity contribution in [3.05, 3.63) is 24.0 Å². The van der Waals surface area contributed by atoms with Crippen molar-refractivity contribution in [2.45, 2.75) is 77.9 Å². The molecule has 26 heavy (non-hydrogen) atoms. The lowest BCUT2D eigenvalue weighted by molar-refractivity contribution is -0.143. The molecule has 0 aromatic rings. The topological polar surface area (TPSA) is 36.9 Å². The zero-order valence-corrected chi connectivity index (χ0v) is 17.6. The number of rotatable bonds is 15. The van der Waals surface area contributed by atoms with Crippen molar-refractivity contribution >= 4 is 0 Å². The first-order valence-electron chi connectivity index (χ1n) is 10.2. The molecule has 0 aromatic carbocycles. The normalized spacial score (nSPS) is 17.0. The Balaban J connectivity index is 2.50. The van der Waals surface area contributed by atoms with Gasteiger partial charge < -0.3 is 18.9 Å². The molecular formula is C22H40O4. The molecule has 0 heterocycles. The van der Waals surface area contributed by atoms with Crippen LogP contribution in [0, 0.1) is 5.92 Å². The molecule has 0 aliphatic heterocycles. The summed E-state index contributed by atoms with van der Waals surface area (Å²) in [6, 6.07) is 0. The molecule has 4 nitrogen and oxygen atoms in total. The second kappa shape index (κ2) is 13.3. The first-order chi connectivity index (χ1) is 12.5. The number of hydrogen-bond donors (Lipinski definition) is 0. The molecule has 0 aromatic heterocycles. The molecule has 0 saturated carbocycles. The highest BCUT2D eigenvalue weighted by atomic mass is 16.6. The van der Waals surface area contributed by atoms with Crippen LogP contribution in [0.1, 0.15) is 66.2 Å². The Morgan fingerprint density at radius 2 is 1.96 bits per heavy atom. The van der Waals surface area contributed by atoms with Crippen LogP contribution >= 0.6 is 0 Å². The standard InChI is InChI=1S/C22H40O4/c1-6-8-12-19(7-2)15-24-16-21(26-22(3,4)18-23-5)17-25-20-13-10-9-11-14-20/h9-10,13,19,21H,6-8,11-12,14-18H2,1-5H3. The zero-order valence-electron chi connectivity index (χ0n) is 17.6. The Hall–Kier alpha value is -0.840. The minimum atomic E-state index is -0.362. The Kier molecular flexibility index (Phi) is 11.9. The van der Waals surface area contributed by atoms with Crippen LogP contribution in [-0.4, -0.2) is 45.2 Å².